The fraction of sp³-hybridized carbons (Fsp3) is 0.440. The third-order valence-corrected chi connectivity index (χ3v) is 6.34. The maximum absolute atomic E-state index is 13.2. The van der Waals surface area contributed by atoms with E-state index < -0.39 is 5.82 Å². The lowest BCUT2D eigenvalue weighted by Gasteiger charge is -2.40. The lowest BCUT2D eigenvalue weighted by Crippen LogP contribution is -2.50. The van der Waals surface area contributed by atoms with Crippen LogP contribution in [-0.2, 0) is 4.74 Å². The molecule has 2 aromatic rings. The van der Waals surface area contributed by atoms with Crippen molar-refractivity contribution in [3.63, 3.8) is 0 Å². The normalized spacial score (nSPS) is 21.4. The molecule has 1 aromatic carbocycles. The molecule has 0 unspecified atom stereocenters. The smallest absolute Gasteiger partial charge is 0.410 e. The van der Waals surface area contributed by atoms with Gasteiger partial charge in [0.25, 0.3) is 0 Å². The van der Waals surface area contributed by atoms with Crippen molar-refractivity contribution in [2.75, 3.05) is 32.8 Å². The number of pyridine rings is 1. The number of carbonyl (C=O) groups is 1. The third-order valence-electron chi connectivity index (χ3n) is 6.34. The van der Waals surface area contributed by atoms with Crippen LogP contribution in [0.15, 0.2) is 61.3 Å². The quantitative estimate of drug-likeness (QED) is 0.595. The largest absolute Gasteiger partial charge is 0.477 e. The van der Waals surface area contributed by atoms with E-state index in [4.69, 9.17) is 9.47 Å². The predicted molar refractivity (Wildman–Crippen MR) is 120 cm³/mol. The molecule has 6 nitrogen and oxygen atoms in total. The molecule has 2 aliphatic rings. The average molecular weight is 440 g/mol. The summed E-state index contributed by atoms with van der Waals surface area (Å²) in [4.78, 5) is 18.9. The monoisotopic (exact) mass is 439 g/mol. The first-order valence-corrected chi connectivity index (χ1v) is 11.1. The second kappa shape index (κ2) is 10.1. The van der Waals surface area contributed by atoms with Gasteiger partial charge >= 0.3 is 6.09 Å². The van der Waals surface area contributed by atoms with Crippen molar-refractivity contribution < 1.29 is 18.7 Å². The molecule has 1 aliphatic carbocycles. The molecule has 1 amide bonds. The summed E-state index contributed by atoms with van der Waals surface area (Å²) >= 11 is 0. The Kier molecular flexibility index (Phi) is 7.05. The number of nitrogens with one attached hydrogen (secondary N) is 1. The van der Waals surface area contributed by atoms with Gasteiger partial charge in [-0.25, -0.2) is 14.2 Å². The molecule has 4 rings (SSSR count). The minimum atomic E-state index is -0.397. The van der Waals surface area contributed by atoms with Crippen molar-refractivity contribution >= 4 is 6.09 Å². The van der Waals surface area contributed by atoms with E-state index in [1.54, 1.807) is 6.08 Å². The Hall–Kier alpha value is -2.93. The minimum Gasteiger partial charge on any atom is -0.477 e. The van der Waals surface area contributed by atoms with Crippen molar-refractivity contribution in [3.8, 4) is 5.88 Å². The highest BCUT2D eigenvalue weighted by Gasteiger charge is 2.48. The number of hydrogen-bond donors (Lipinski definition) is 1. The highest BCUT2D eigenvalue weighted by molar-refractivity contribution is 5.69. The molecule has 170 valence electrons. The first kappa shape index (κ1) is 22.3. The second-order valence-corrected chi connectivity index (χ2v) is 8.67. The number of nitrogens with zero attached hydrogens (tertiary/aromatic N) is 2. The molecular weight excluding hydrogens is 409 g/mol. The van der Waals surface area contributed by atoms with Crippen LogP contribution < -0.4 is 10.1 Å². The average Bonchev–Trinajstić information content (AvgIpc) is 3.63. The summed E-state index contributed by atoms with van der Waals surface area (Å²) in [6.07, 6.45) is 5.07. The molecule has 0 bridgehead atoms. The molecule has 0 radical (unpaired) electrons. The maximum atomic E-state index is 13.2. The minimum absolute atomic E-state index is 0.102. The van der Waals surface area contributed by atoms with E-state index in [0.717, 1.165) is 38.5 Å². The molecule has 2 fully saturated rings. The molecule has 0 spiro atoms. The summed E-state index contributed by atoms with van der Waals surface area (Å²) in [5.41, 5.74) is 1.00. The number of amides is 1. The SMILES string of the molecule is C=CCOC(=O)N(CC1(COc2ccc(F)cn2)CCNCC1)[C@@H]1C[C@@H]1c1ccccc1. The molecule has 1 aromatic heterocycles. The van der Waals surface area contributed by atoms with Crippen LogP contribution in [0.1, 0.15) is 30.7 Å². The summed E-state index contributed by atoms with van der Waals surface area (Å²) in [6.45, 7) is 6.48. The Bertz CT molecular complexity index is 900. The van der Waals surface area contributed by atoms with Crippen molar-refractivity contribution in [1.29, 1.82) is 0 Å². The van der Waals surface area contributed by atoms with E-state index >= 15 is 0 Å². The molecule has 2 atom stereocenters. The van der Waals surface area contributed by atoms with Gasteiger partial charge in [-0.2, -0.15) is 0 Å². The highest BCUT2D eigenvalue weighted by Crippen LogP contribution is 2.46. The number of aromatic nitrogens is 1. The molecule has 1 aliphatic heterocycles. The fourth-order valence-corrected chi connectivity index (χ4v) is 4.46. The number of piperidine rings is 1. The summed E-state index contributed by atoms with van der Waals surface area (Å²) < 4.78 is 24.6. The van der Waals surface area contributed by atoms with E-state index in [9.17, 15) is 9.18 Å². The van der Waals surface area contributed by atoms with Crippen LogP contribution in [0, 0.1) is 11.2 Å². The zero-order valence-corrected chi connectivity index (χ0v) is 18.2. The molecule has 1 N–H and O–H groups in total. The van der Waals surface area contributed by atoms with Gasteiger partial charge in [0.1, 0.15) is 12.4 Å². The Balaban J connectivity index is 1.51. The van der Waals surface area contributed by atoms with E-state index in [1.807, 2.05) is 23.1 Å². The van der Waals surface area contributed by atoms with Crippen molar-refractivity contribution in [3.05, 3.63) is 72.7 Å². The van der Waals surface area contributed by atoms with E-state index in [1.165, 1.54) is 17.7 Å². The predicted octanol–water partition coefficient (Wildman–Crippen LogP) is 4.15. The zero-order chi connectivity index (χ0) is 22.4. The van der Waals surface area contributed by atoms with Gasteiger partial charge in [0.05, 0.1) is 12.8 Å². The van der Waals surface area contributed by atoms with Gasteiger partial charge in [-0.3, -0.25) is 0 Å². The summed E-state index contributed by atoms with van der Waals surface area (Å²) in [5.74, 6) is 0.301. The second-order valence-electron chi connectivity index (χ2n) is 8.67. The van der Waals surface area contributed by atoms with Crippen LogP contribution in [0.5, 0.6) is 5.88 Å². The van der Waals surface area contributed by atoms with E-state index in [0.29, 0.717) is 24.9 Å². The standard InChI is InChI=1S/C25H30FN3O3/c1-2-14-31-24(30)29(22-15-21(22)19-6-4-3-5-7-19)17-25(10-12-27-13-11-25)18-32-23-9-8-20(26)16-28-23/h2-9,16,21-22,27H,1,10-15,17-18H2/t21-,22-/m1/s1. The topological polar surface area (TPSA) is 63.7 Å². The number of rotatable bonds is 9. The molecule has 1 saturated heterocycles. The Labute approximate surface area is 188 Å². The van der Waals surface area contributed by atoms with Gasteiger partial charge in [0.2, 0.25) is 5.88 Å². The summed E-state index contributed by atoms with van der Waals surface area (Å²) in [6, 6.07) is 13.3. The van der Waals surface area contributed by atoms with Crippen LogP contribution in [-0.4, -0.2) is 54.9 Å². The Morgan fingerprint density at radius 3 is 2.72 bits per heavy atom. The van der Waals surface area contributed by atoms with Gasteiger partial charge in [-0.15, -0.1) is 0 Å². The zero-order valence-electron chi connectivity index (χ0n) is 18.2. The lowest BCUT2D eigenvalue weighted by atomic mass is 9.79. The number of benzene rings is 1. The number of halogens is 1. The fourth-order valence-electron chi connectivity index (χ4n) is 4.46. The van der Waals surface area contributed by atoms with E-state index in [2.05, 4.69) is 29.0 Å². The van der Waals surface area contributed by atoms with Crippen LogP contribution in [0.25, 0.3) is 0 Å². The number of carbonyl (C=O) groups excluding carboxylic acids is 1. The van der Waals surface area contributed by atoms with Crippen molar-refractivity contribution in [1.82, 2.24) is 15.2 Å². The summed E-state index contributed by atoms with van der Waals surface area (Å²) in [7, 11) is 0. The molecular formula is C25H30FN3O3. The Morgan fingerprint density at radius 1 is 1.25 bits per heavy atom. The maximum Gasteiger partial charge on any atom is 0.410 e. The molecule has 2 heterocycles. The van der Waals surface area contributed by atoms with Gasteiger partial charge in [-0.1, -0.05) is 43.0 Å². The summed E-state index contributed by atoms with van der Waals surface area (Å²) in [5, 5.41) is 3.39. The van der Waals surface area contributed by atoms with Gasteiger partial charge in [0.15, 0.2) is 0 Å². The third kappa shape index (κ3) is 5.46. The molecule has 32 heavy (non-hydrogen) atoms. The highest BCUT2D eigenvalue weighted by atomic mass is 19.1. The lowest BCUT2D eigenvalue weighted by molar-refractivity contribution is 0.0415. The van der Waals surface area contributed by atoms with Crippen LogP contribution >= 0.6 is 0 Å². The van der Waals surface area contributed by atoms with Crippen LogP contribution in [0.3, 0.4) is 0 Å². The van der Waals surface area contributed by atoms with Crippen LogP contribution in [0.2, 0.25) is 0 Å². The molecule has 7 heteroatoms. The van der Waals surface area contributed by atoms with Gasteiger partial charge < -0.3 is 19.7 Å². The van der Waals surface area contributed by atoms with E-state index in [-0.39, 0.29) is 24.2 Å². The molecule has 1 saturated carbocycles. The van der Waals surface area contributed by atoms with Crippen molar-refractivity contribution in [2.45, 2.75) is 31.2 Å². The van der Waals surface area contributed by atoms with Crippen LogP contribution in [0.4, 0.5) is 9.18 Å². The number of hydrogen-bond acceptors (Lipinski definition) is 5. The first-order chi connectivity index (χ1) is 15.6. The van der Waals surface area contributed by atoms with Crippen molar-refractivity contribution in [2.24, 2.45) is 5.41 Å². The van der Waals surface area contributed by atoms with Gasteiger partial charge in [0, 0.05) is 30.0 Å². The first-order valence-electron chi connectivity index (χ1n) is 11.1. The van der Waals surface area contributed by atoms with Gasteiger partial charge in [-0.05, 0) is 44.0 Å². The number of ether oxygens (including phenoxy) is 2. The Morgan fingerprint density at radius 2 is 2.03 bits per heavy atom.